The van der Waals surface area contributed by atoms with Crippen LogP contribution in [0, 0.1) is 0 Å². The third-order valence-electron chi connectivity index (χ3n) is 2.17. The molecule has 0 aliphatic heterocycles. The number of carbonyl (C=O) groups is 1. The zero-order valence-corrected chi connectivity index (χ0v) is 8.82. The summed E-state index contributed by atoms with van der Waals surface area (Å²) >= 11 is 0. The molecule has 0 spiro atoms. The Morgan fingerprint density at radius 1 is 1.38 bits per heavy atom. The summed E-state index contributed by atoms with van der Waals surface area (Å²) in [4.78, 5) is 22.3. The highest BCUT2D eigenvalue weighted by Crippen LogP contribution is 2.14. The van der Waals surface area contributed by atoms with E-state index < -0.39 is 5.63 Å². The maximum absolute atomic E-state index is 11.5. The van der Waals surface area contributed by atoms with Crippen LogP contribution in [-0.2, 0) is 4.79 Å². The summed E-state index contributed by atoms with van der Waals surface area (Å²) in [5.41, 5.74) is 0.398. The predicted molar refractivity (Wildman–Crippen MR) is 61.7 cm³/mol. The van der Waals surface area contributed by atoms with Crippen LogP contribution in [0.3, 0.4) is 0 Å². The lowest BCUT2D eigenvalue weighted by atomic mass is 10.2. The molecule has 1 aromatic heterocycles. The molecule has 4 heteroatoms. The molecule has 1 heterocycles. The van der Waals surface area contributed by atoms with E-state index >= 15 is 0 Å². The number of para-hydroxylation sites is 1. The fourth-order valence-corrected chi connectivity index (χ4v) is 1.40. The molecule has 0 amide bonds. The first-order chi connectivity index (χ1) is 7.66. The summed E-state index contributed by atoms with van der Waals surface area (Å²) in [7, 11) is 0. The van der Waals surface area contributed by atoms with Crippen molar-refractivity contribution >= 4 is 22.4 Å². The topological polar surface area (TPSA) is 59.3 Å². The first-order valence-corrected chi connectivity index (χ1v) is 4.93. The summed E-state index contributed by atoms with van der Waals surface area (Å²) in [6.45, 7) is 1.58. The Bertz CT molecular complexity index is 586. The van der Waals surface area contributed by atoms with Crippen LogP contribution in [0.25, 0.3) is 11.0 Å². The Morgan fingerprint density at radius 3 is 2.88 bits per heavy atom. The minimum atomic E-state index is -0.458. The van der Waals surface area contributed by atoms with Crippen LogP contribution >= 0.6 is 0 Å². The highest BCUT2D eigenvalue weighted by molar-refractivity contribution is 5.82. The molecule has 0 aliphatic carbocycles. The molecule has 0 aliphatic rings. The molecule has 0 bridgehead atoms. The number of hydrogen-bond acceptors (Lipinski definition) is 4. The molecule has 1 aromatic carbocycles. The quantitative estimate of drug-likeness (QED) is 0.796. The van der Waals surface area contributed by atoms with Gasteiger partial charge in [-0.15, -0.1) is 0 Å². The number of nitrogens with one attached hydrogen (secondary N) is 1. The van der Waals surface area contributed by atoms with E-state index in [4.69, 9.17) is 4.42 Å². The second kappa shape index (κ2) is 4.18. The van der Waals surface area contributed by atoms with Gasteiger partial charge in [-0.25, -0.2) is 4.79 Å². The normalized spacial score (nSPS) is 10.3. The lowest BCUT2D eigenvalue weighted by Gasteiger charge is -2.03. The summed E-state index contributed by atoms with van der Waals surface area (Å²) in [6, 6.07) is 8.91. The highest BCUT2D eigenvalue weighted by Gasteiger charge is 2.04. The number of rotatable bonds is 3. The van der Waals surface area contributed by atoms with Crippen molar-refractivity contribution in [3.8, 4) is 0 Å². The van der Waals surface area contributed by atoms with E-state index in [9.17, 15) is 9.59 Å². The van der Waals surface area contributed by atoms with Crippen LogP contribution in [0.15, 0.2) is 39.5 Å². The number of carbonyl (C=O) groups excluding carboxylic acids is 1. The summed E-state index contributed by atoms with van der Waals surface area (Å²) in [6.07, 6.45) is 0. The van der Waals surface area contributed by atoms with Gasteiger partial charge >= 0.3 is 5.63 Å². The van der Waals surface area contributed by atoms with Crippen molar-refractivity contribution in [2.24, 2.45) is 0 Å². The number of ketones is 1. The van der Waals surface area contributed by atoms with Crippen molar-refractivity contribution in [1.82, 2.24) is 0 Å². The molecular formula is C12H11NO3. The average molecular weight is 217 g/mol. The lowest BCUT2D eigenvalue weighted by Crippen LogP contribution is -2.15. The Labute approximate surface area is 91.9 Å². The van der Waals surface area contributed by atoms with E-state index in [0.717, 1.165) is 5.39 Å². The van der Waals surface area contributed by atoms with E-state index in [1.165, 1.54) is 6.92 Å². The average Bonchev–Trinajstić information content (AvgIpc) is 2.26. The van der Waals surface area contributed by atoms with Gasteiger partial charge in [0.05, 0.1) is 6.54 Å². The second-order valence-corrected chi connectivity index (χ2v) is 3.54. The van der Waals surface area contributed by atoms with E-state index in [2.05, 4.69) is 5.32 Å². The number of benzene rings is 1. The summed E-state index contributed by atoms with van der Waals surface area (Å²) < 4.78 is 5.10. The molecule has 0 atom stereocenters. The van der Waals surface area contributed by atoms with E-state index in [-0.39, 0.29) is 12.3 Å². The monoisotopic (exact) mass is 217 g/mol. The standard InChI is InChI=1S/C12H11NO3/c1-8(14)7-13-10-6-9-4-2-3-5-11(9)16-12(10)15/h2-6,13H,7H2,1H3. The number of anilines is 1. The van der Waals surface area contributed by atoms with Gasteiger partial charge < -0.3 is 9.73 Å². The van der Waals surface area contributed by atoms with Crippen LogP contribution in [0.4, 0.5) is 5.69 Å². The molecular weight excluding hydrogens is 206 g/mol. The summed E-state index contributed by atoms with van der Waals surface area (Å²) in [5, 5.41) is 3.58. The maximum Gasteiger partial charge on any atom is 0.359 e. The van der Waals surface area contributed by atoms with Gasteiger partial charge in [0.15, 0.2) is 0 Å². The molecule has 0 saturated carbocycles. The van der Waals surface area contributed by atoms with Gasteiger partial charge in [-0.3, -0.25) is 4.79 Å². The van der Waals surface area contributed by atoms with Gasteiger partial charge in [-0.2, -0.15) is 0 Å². The zero-order chi connectivity index (χ0) is 11.5. The van der Waals surface area contributed by atoms with Gasteiger partial charge in [-0.05, 0) is 19.1 Å². The van der Waals surface area contributed by atoms with Crippen molar-refractivity contribution in [3.05, 3.63) is 40.8 Å². The fourth-order valence-electron chi connectivity index (χ4n) is 1.40. The minimum absolute atomic E-state index is 0.0347. The molecule has 0 unspecified atom stereocenters. The van der Waals surface area contributed by atoms with E-state index in [1.54, 1.807) is 18.2 Å². The van der Waals surface area contributed by atoms with Crippen LogP contribution in [0.5, 0.6) is 0 Å². The predicted octanol–water partition coefficient (Wildman–Crippen LogP) is 1.79. The van der Waals surface area contributed by atoms with Gasteiger partial charge in [0.25, 0.3) is 0 Å². The second-order valence-electron chi connectivity index (χ2n) is 3.54. The molecule has 0 radical (unpaired) electrons. The van der Waals surface area contributed by atoms with Crippen LogP contribution in [0.1, 0.15) is 6.92 Å². The molecule has 0 saturated heterocycles. The van der Waals surface area contributed by atoms with Crippen molar-refractivity contribution in [3.63, 3.8) is 0 Å². The van der Waals surface area contributed by atoms with E-state index in [0.29, 0.717) is 11.3 Å². The Morgan fingerprint density at radius 2 is 2.12 bits per heavy atom. The number of hydrogen-bond donors (Lipinski definition) is 1. The van der Waals surface area contributed by atoms with Gasteiger partial charge in [0.1, 0.15) is 17.1 Å². The molecule has 0 fully saturated rings. The Hall–Kier alpha value is -2.10. The van der Waals surface area contributed by atoms with Crippen molar-refractivity contribution < 1.29 is 9.21 Å². The third-order valence-corrected chi connectivity index (χ3v) is 2.17. The van der Waals surface area contributed by atoms with Gasteiger partial charge in [0.2, 0.25) is 0 Å². The number of Topliss-reactive ketones (excluding diaryl/α,β-unsaturated/α-hetero) is 1. The smallest absolute Gasteiger partial charge is 0.359 e. The first kappa shape index (κ1) is 10.4. The number of fused-ring (bicyclic) bond motifs is 1. The molecule has 2 rings (SSSR count). The van der Waals surface area contributed by atoms with E-state index in [1.807, 2.05) is 12.1 Å². The van der Waals surface area contributed by atoms with Crippen LogP contribution in [-0.4, -0.2) is 12.3 Å². The SMILES string of the molecule is CC(=O)CNc1cc2ccccc2oc1=O. The van der Waals surface area contributed by atoms with Crippen LogP contribution in [0.2, 0.25) is 0 Å². The third kappa shape index (κ3) is 2.11. The molecule has 1 N–H and O–H groups in total. The fraction of sp³-hybridized carbons (Fsp3) is 0.167. The molecule has 82 valence electrons. The maximum atomic E-state index is 11.5. The van der Waals surface area contributed by atoms with Gasteiger partial charge in [-0.1, -0.05) is 18.2 Å². The minimum Gasteiger partial charge on any atom is -0.421 e. The van der Waals surface area contributed by atoms with Crippen molar-refractivity contribution in [2.75, 3.05) is 11.9 Å². The van der Waals surface area contributed by atoms with Gasteiger partial charge in [0, 0.05) is 5.39 Å². The summed E-state index contributed by atoms with van der Waals surface area (Å²) in [5.74, 6) is -0.0347. The highest BCUT2D eigenvalue weighted by atomic mass is 16.4. The zero-order valence-electron chi connectivity index (χ0n) is 8.82. The molecule has 2 aromatic rings. The first-order valence-electron chi connectivity index (χ1n) is 4.93. The Balaban J connectivity index is 2.42. The van der Waals surface area contributed by atoms with Crippen molar-refractivity contribution in [1.29, 1.82) is 0 Å². The lowest BCUT2D eigenvalue weighted by molar-refractivity contribution is -0.115. The van der Waals surface area contributed by atoms with Crippen molar-refractivity contribution in [2.45, 2.75) is 6.92 Å². The molecule has 4 nitrogen and oxygen atoms in total. The Kier molecular flexibility index (Phi) is 2.72. The largest absolute Gasteiger partial charge is 0.421 e. The molecule has 16 heavy (non-hydrogen) atoms. The van der Waals surface area contributed by atoms with Crippen LogP contribution < -0.4 is 10.9 Å².